The number of esters is 1. The molecule has 0 aromatic heterocycles. The summed E-state index contributed by atoms with van der Waals surface area (Å²) in [5, 5.41) is 2.70. The highest BCUT2D eigenvalue weighted by molar-refractivity contribution is 5.88. The molecule has 1 aliphatic rings. The van der Waals surface area contributed by atoms with Crippen molar-refractivity contribution in [3.63, 3.8) is 0 Å². The van der Waals surface area contributed by atoms with Gasteiger partial charge in [0.1, 0.15) is 5.82 Å². The smallest absolute Gasteiger partial charge is 0.317 e. The molecule has 1 saturated carbocycles. The molecule has 1 aromatic carbocycles. The van der Waals surface area contributed by atoms with Crippen LogP contribution in [0.3, 0.4) is 0 Å². The second-order valence-electron chi connectivity index (χ2n) is 6.11. The maximum absolute atomic E-state index is 14.2. The van der Waals surface area contributed by atoms with Crippen molar-refractivity contribution < 1.29 is 18.7 Å². The lowest BCUT2D eigenvalue weighted by atomic mass is 9.78. The fourth-order valence-electron chi connectivity index (χ4n) is 3.13. The van der Waals surface area contributed by atoms with E-state index in [-0.39, 0.29) is 5.91 Å². The number of benzene rings is 1. The molecule has 0 heterocycles. The van der Waals surface area contributed by atoms with Gasteiger partial charge < -0.3 is 10.1 Å². The van der Waals surface area contributed by atoms with Gasteiger partial charge in [-0.1, -0.05) is 38.0 Å². The molecule has 1 fully saturated rings. The Hall–Kier alpha value is -1.91. The van der Waals surface area contributed by atoms with E-state index in [4.69, 9.17) is 4.74 Å². The van der Waals surface area contributed by atoms with E-state index < -0.39 is 23.3 Å². The molecule has 23 heavy (non-hydrogen) atoms. The predicted molar refractivity (Wildman–Crippen MR) is 85.4 cm³/mol. The minimum atomic E-state index is -0.968. The zero-order valence-electron chi connectivity index (χ0n) is 13.7. The third kappa shape index (κ3) is 3.71. The average Bonchev–Trinajstić information content (AvgIpc) is 3.03. The van der Waals surface area contributed by atoms with Crippen LogP contribution in [0, 0.1) is 5.82 Å². The van der Waals surface area contributed by atoms with E-state index in [1.807, 2.05) is 6.92 Å². The van der Waals surface area contributed by atoms with Gasteiger partial charge in [0.25, 0.3) is 5.91 Å². The summed E-state index contributed by atoms with van der Waals surface area (Å²) in [7, 11) is 0. The summed E-state index contributed by atoms with van der Waals surface area (Å²) in [6, 6.07) is 6.33. The van der Waals surface area contributed by atoms with Crippen LogP contribution in [0.1, 0.15) is 51.5 Å². The average molecular weight is 321 g/mol. The highest BCUT2D eigenvalue weighted by Crippen LogP contribution is 2.43. The molecule has 1 atom stereocenters. The van der Waals surface area contributed by atoms with E-state index in [9.17, 15) is 14.0 Å². The first-order chi connectivity index (χ1) is 11.0. The molecule has 1 N–H and O–H groups in total. The summed E-state index contributed by atoms with van der Waals surface area (Å²) in [5.41, 5.74) is -0.589. The molecule has 0 radical (unpaired) electrons. The lowest BCUT2D eigenvalue weighted by molar-refractivity contribution is -0.160. The third-order valence-electron chi connectivity index (χ3n) is 4.44. The van der Waals surface area contributed by atoms with Gasteiger partial charge >= 0.3 is 5.97 Å². The maximum atomic E-state index is 14.2. The maximum Gasteiger partial charge on any atom is 0.317 e. The summed E-state index contributed by atoms with van der Waals surface area (Å²) in [6.07, 6.45) is 2.73. The fraction of sp³-hybridized carbons (Fsp3) is 0.556. The zero-order chi connectivity index (χ0) is 16.9. The number of hydrogen-bond acceptors (Lipinski definition) is 3. The number of ether oxygens (including phenoxy) is 1. The molecule has 0 unspecified atom stereocenters. The number of amides is 1. The Kier molecular flexibility index (Phi) is 5.74. The van der Waals surface area contributed by atoms with Crippen LogP contribution >= 0.6 is 0 Å². The van der Waals surface area contributed by atoms with Gasteiger partial charge in [0.15, 0.2) is 6.10 Å². The normalized spacial score (nSPS) is 17.5. The van der Waals surface area contributed by atoms with E-state index in [0.29, 0.717) is 24.9 Å². The van der Waals surface area contributed by atoms with Gasteiger partial charge in [-0.25, -0.2) is 4.39 Å². The number of rotatable bonds is 6. The molecule has 1 amide bonds. The SMILES string of the molecule is CCCNC(=O)[C@H](C)OC(=O)C1(c2ccccc2F)CCCC1. The standard InChI is InChI=1S/C18H24FNO3/c1-3-12-20-16(21)13(2)23-17(22)18(10-6-7-11-18)14-8-4-5-9-15(14)19/h4-5,8-9,13H,3,6-7,10-12H2,1-2H3,(H,20,21)/t13-/m0/s1. The molecule has 0 aliphatic heterocycles. The summed E-state index contributed by atoms with van der Waals surface area (Å²) >= 11 is 0. The minimum absolute atomic E-state index is 0.318. The van der Waals surface area contributed by atoms with Crippen LogP contribution in [0.15, 0.2) is 24.3 Å². The molecule has 2 rings (SSSR count). The van der Waals surface area contributed by atoms with Gasteiger partial charge in [0.05, 0.1) is 5.41 Å². The van der Waals surface area contributed by atoms with Crippen molar-refractivity contribution in [2.24, 2.45) is 0 Å². The highest BCUT2D eigenvalue weighted by atomic mass is 19.1. The molecule has 0 bridgehead atoms. The van der Waals surface area contributed by atoms with Crippen molar-refractivity contribution in [3.8, 4) is 0 Å². The quantitative estimate of drug-likeness (QED) is 0.819. The number of hydrogen-bond donors (Lipinski definition) is 1. The number of nitrogens with one attached hydrogen (secondary N) is 1. The molecule has 4 nitrogen and oxygen atoms in total. The number of carbonyl (C=O) groups is 2. The second kappa shape index (κ2) is 7.57. The van der Waals surface area contributed by atoms with Crippen molar-refractivity contribution >= 4 is 11.9 Å². The highest BCUT2D eigenvalue weighted by Gasteiger charge is 2.46. The van der Waals surface area contributed by atoms with Crippen LogP contribution < -0.4 is 5.32 Å². The first-order valence-corrected chi connectivity index (χ1v) is 8.25. The van der Waals surface area contributed by atoms with Crippen LogP contribution in [-0.2, 0) is 19.7 Å². The Morgan fingerprint density at radius 3 is 2.57 bits per heavy atom. The lowest BCUT2D eigenvalue weighted by Crippen LogP contribution is -2.42. The van der Waals surface area contributed by atoms with Gasteiger partial charge in [-0.3, -0.25) is 9.59 Å². The first kappa shape index (κ1) is 17.4. The van der Waals surface area contributed by atoms with E-state index in [0.717, 1.165) is 19.3 Å². The monoisotopic (exact) mass is 321 g/mol. The number of carbonyl (C=O) groups excluding carboxylic acids is 2. The Morgan fingerprint density at radius 2 is 1.96 bits per heavy atom. The molecule has 5 heteroatoms. The lowest BCUT2D eigenvalue weighted by Gasteiger charge is -2.29. The number of halogens is 1. The van der Waals surface area contributed by atoms with Crippen LogP contribution in [0.4, 0.5) is 4.39 Å². The van der Waals surface area contributed by atoms with E-state index in [1.54, 1.807) is 25.1 Å². The van der Waals surface area contributed by atoms with Crippen LogP contribution in [0.2, 0.25) is 0 Å². The molecule has 126 valence electrons. The summed E-state index contributed by atoms with van der Waals surface area (Å²) < 4.78 is 19.6. The summed E-state index contributed by atoms with van der Waals surface area (Å²) in [6.45, 7) is 4.04. The Bertz CT molecular complexity index is 567. The van der Waals surface area contributed by atoms with Gasteiger partial charge in [0.2, 0.25) is 0 Å². The topological polar surface area (TPSA) is 55.4 Å². The largest absolute Gasteiger partial charge is 0.452 e. The first-order valence-electron chi connectivity index (χ1n) is 8.25. The predicted octanol–water partition coefficient (Wildman–Crippen LogP) is 3.10. The fourth-order valence-corrected chi connectivity index (χ4v) is 3.13. The Labute approximate surface area is 136 Å². The molecule has 1 aromatic rings. The van der Waals surface area contributed by atoms with Crippen molar-refractivity contribution in [1.29, 1.82) is 0 Å². The molecular formula is C18H24FNO3. The molecule has 1 aliphatic carbocycles. The van der Waals surface area contributed by atoms with Crippen LogP contribution in [0.5, 0.6) is 0 Å². The molecule has 0 saturated heterocycles. The minimum Gasteiger partial charge on any atom is -0.452 e. The van der Waals surface area contributed by atoms with Gasteiger partial charge in [0, 0.05) is 12.1 Å². The molecular weight excluding hydrogens is 297 g/mol. The van der Waals surface area contributed by atoms with E-state index >= 15 is 0 Å². The van der Waals surface area contributed by atoms with Gasteiger partial charge in [-0.15, -0.1) is 0 Å². The van der Waals surface area contributed by atoms with E-state index in [1.165, 1.54) is 6.07 Å². The summed E-state index contributed by atoms with van der Waals surface area (Å²) in [4.78, 5) is 24.6. The van der Waals surface area contributed by atoms with E-state index in [2.05, 4.69) is 5.32 Å². The Balaban J connectivity index is 2.17. The van der Waals surface area contributed by atoms with Crippen molar-refractivity contribution in [2.45, 2.75) is 57.5 Å². The third-order valence-corrected chi connectivity index (χ3v) is 4.44. The van der Waals surface area contributed by atoms with Crippen LogP contribution in [-0.4, -0.2) is 24.5 Å². The summed E-state index contributed by atoms with van der Waals surface area (Å²) in [5.74, 6) is -1.21. The van der Waals surface area contributed by atoms with Crippen molar-refractivity contribution in [2.75, 3.05) is 6.54 Å². The molecule has 0 spiro atoms. The zero-order valence-corrected chi connectivity index (χ0v) is 13.7. The Morgan fingerprint density at radius 1 is 1.30 bits per heavy atom. The van der Waals surface area contributed by atoms with Gasteiger partial charge in [-0.2, -0.15) is 0 Å². The van der Waals surface area contributed by atoms with Crippen molar-refractivity contribution in [3.05, 3.63) is 35.6 Å². The van der Waals surface area contributed by atoms with Crippen molar-refractivity contribution in [1.82, 2.24) is 5.32 Å². The van der Waals surface area contributed by atoms with Crippen LogP contribution in [0.25, 0.3) is 0 Å². The van der Waals surface area contributed by atoms with Gasteiger partial charge in [-0.05, 0) is 32.3 Å². The second-order valence-corrected chi connectivity index (χ2v) is 6.11.